The van der Waals surface area contributed by atoms with Gasteiger partial charge in [0.2, 0.25) is 5.91 Å². The van der Waals surface area contributed by atoms with Gasteiger partial charge in [0.05, 0.1) is 13.2 Å². The first-order chi connectivity index (χ1) is 19.1. The van der Waals surface area contributed by atoms with Crippen molar-refractivity contribution in [2.24, 2.45) is 0 Å². The highest BCUT2D eigenvalue weighted by Crippen LogP contribution is 2.37. The van der Waals surface area contributed by atoms with Crippen LogP contribution in [0.1, 0.15) is 54.4 Å². The molecule has 2 aliphatic heterocycles. The highest BCUT2D eigenvalue weighted by atomic mass is 16.7. The van der Waals surface area contributed by atoms with Crippen LogP contribution in [0.4, 0.5) is 0 Å². The number of likely N-dealkylation sites (tertiary alicyclic amines) is 1. The lowest BCUT2D eigenvalue weighted by Gasteiger charge is -2.38. The van der Waals surface area contributed by atoms with Crippen molar-refractivity contribution in [2.75, 3.05) is 26.3 Å². The van der Waals surface area contributed by atoms with E-state index in [4.69, 9.17) is 14.2 Å². The Balaban J connectivity index is 1.28. The number of fused-ring (bicyclic) bond motifs is 1. The zero-order chi connectivity index (χ0) is 26.7. The summed E-state index contributed by atoms with van der Waals surface area (Å²) in [5.74, 6) is 0.366. The zero-order valence-electron chi connectivity index (χ0n) is 22.5. The molecule has 2 aliphatic rings. The lowest BCUT2D eigenvalue weighted by Crippen LogP contribution is -2.47. The highest BCUT2D eigenvalue weighted by molar-refractivity contribution is 5.88. The number of nitrogens with zero attached hydrogens (tertiary/aromatic N) is 1. The zero-order valence-corrected chi connectivity index (χ0v) is 22.5. The van der Waals surface area contributed by atoms with Crippen LogP contribution >= 0.6 is 0 Å². The number of para-hydroxylation sites is 1. The van der Waals surface area contributed by atoms with Gasteiger partial charge < -0.3 is 24.1 Å². The van der Waals surface area contributed by atoms with Gasteiger partial charge in [-0.2, -0.15) is 0 Å². The van der Waals surface area contributed by atoms with Crippen molar-refractivity contribution in [3.05, 3.63) is 101 Å². The number of H-pyrrole nitrogens is 1. The molecule has 1 amide bonds. The summed E-state index contributed by atoms with van der Waals surface area (Å²) in [5.41, 5.74) is 5.77. The van der Waals surface area contributed by atoms with Gasteiger partial charge in [0.25, 0.3) is 0 Å². The molecule has 6 nitrogen and oxygen atoms in total. The standard InChI is InChI=1S/C33H36N2O4/c1-2-25-10-7-13-28-30(22-34-32(25)28)29(21-31(36)35-16-14-33(15-17-35)38-18-19-39-33)26-11-6-12-27(20-26)37-23-24-8-4-3-5-9-24/h3-13,20,22,29,34H,2,14-19,21,23H2,1H3. The fourth-order valence-corrected chi connectivity index (χ4v) is 5.98. The minimum absolute atomic E-state index is 0.103. The summed E-state index contributed by atoms with van der Waals surface area (Å²) in [6.45, 7) is 5.25. The van der Waals surface area contributed by atoms with Crippen LogP contribution in [0.2, 0.25) is 0 Å². The number of carbonyl (C=O) groups is 1. The van der Waals surface area contributed by atoms with Gasteiger partial charge in [0, 0.05) is 55.4 Å². The third kappa shape index (κ3) is 5.45. The Morgan fingerprint density at radius 3 is 2.54 bits per heavy atom. The van der Waals surface area contributed by atoms with Crippen molar-refractivity contribution in [3.63, 3.8) is 0 Å². The molecular formula is C33H36N2O4. The number of aromatic amines is 1. The highest BCUT2D eigenvalue weighted by Gasteiger charge is 2.41. The number of hydrogen-bond donors (Lipinski definition) is 1. The molecule has 0 aliphatic carbocycles. The van der Waals surface area contributed by atoms with Crippen molar-refractivity contribution in [1.29, 1.82) is 0 Å². The smallest absolute Gasteiger partial charge is 0.223 e. The SMILES string of the molecule is CCc1cccc2c(C(CC(=O)N3CCC4(CC3)OCCO4)c3cccc(OCc4ccccc4)c3)c[nH]c12. The van der Waals surface area contributed by atoms with Crippen molar-refractivity contribution in [3.8, 4) is 5.75 Å². The van der Waals surface area contributed by atoms with Crippen molar-refractivity contribution < 1.29 is 19.0 Å². The van der Waals surface area contributed by atoms with Crippen LogP contribution in [-0.4, -0.2) is 47.9 Å². The average molecular weight is 525 g/mol. The van der Waals surface area contributed by atoms with E-state index in [9.17, 15) is 4.79 Å². The minimum atomic E-state index is -0.492. The van der Waals surface area contributed by atoms with Crippen LogP contribution in [0.15, 0.2) is 79.0 Å². The van der Waals surface area contributed by atoms with E-state index in [1.165, 1.54) is 10.9 Å². The Morgan fingerprint density at radius 1 is 1.00 bits per heavy atom. The molecule has 1 unspecified atom stereocenters. The first kappa shape index (κ1) is 25.7. The largest absolute Gasteiger partial charge is 0.489 e. The van der Waals surface area contributed by atoms with Crippen molar-refractivity contribution >= 4 is 16.8 Å². The molecule has 1 N–H and O–H groups in total. The lowest BCUT2D eigenvalue weighted by molar-refractivity contribution is -0.187. The van der Waals surface area contributed by atoms with E-state index in [0.29, 0.717) is 39.3 Å². The van der Waals surface area contributed by atoms with Gasteiger partial charge in [-0.3, -0.25) is 4.79 Å². The third-order valence-electron chi connectivity index (χ3n) is 8.17. The molecule has 4 aromatic rings. The second-order valence-electron chi connectivity index (χ2n) is 10.5. The van der Waals surface area contributed by atoms with Crippen LogP contribution in [0.5, 0.6) is 5.75 Å². The van der Waals surface area contributed by atoms with Crippen LogP contribution in [0.25, 0.3) is 10.9 Å². The molecule has 202 valence electrons. The summed E-state index contributed by atoms with van der Waals surface area (Å²) in [7, 11) is 0. The van der Waals surface area contributed by atoms with E-state index < -0.39 is 5.79 Å². The van der Waals surface area contributed by atoms with Crippen LogP contribution in [-0.2, 0) is 27.3 Å². The van der Waals surface area contributed by atoms with Crippen LogP contribution < -0.4 is 4.74 Å². The first-order valence-electron chi connectivity index (χ1n) is 14.1. The Hall–Kier alpha value is -3.61. The normalized spacial score (nSPS) is 17.5. The molecule has 6 heteroatoms. The van der Waals surface area contributed by atoms with Gasteiger partial charge in [-0.05, 0) is 40.8 Å². The second kappa shape index (κ2) is 11.2. The Bertz CT molecular complexity index is 1410. The molecule has 6 rings (SSSR count). The molecule has 1 spiro atoms. The number of benzene rings is 3. The van der Waals surface area contributed by atoms with Gasteiger partial charge in [-0.25, -0.2) is 0 Å². The van der Waals surface area contributed by atoms with Gasteiger partial charge in [0.15, 0.2) is 5.79 Å². The quantitative estimate of drug-likeness (QED) is 0.298. The molecule has 0 bridgehead atoms. The Labute approximate surface area is 229 Å². The number of rotatable bonds is 8. The van der Waals surface area contributed by atoms with Gasteiger partial charge >= 0.3 is 0 Å². The summed E-state index contributed by atoms with van der Waals surface area (Å²) in [6.07, 6.45) is 4.87. The molecule has 1 aromatic heterocycles. The van der Waals surface area contributed by atoms with Crippen LogP contribution in [0, 0.1) is 0 Å². The number of nitrogens with one attached hydrogen (secondary N) is 1. The molecule has 2 saturated heterocycles. The number of aryl methyl sites for hydroxylation is 1. The predicted octanol–water partition coefficient (Wildman–Crippen LogP) is 6.20. The fraction of sp³-hybridized carbons (Fsp3) is 0.364. The molecule has 1 atom stereocenters. The van der Waals surface area contributed by atoms with Gasteiger partial charge in [-0.1, -0.05) is 67.6 Å². The molecule has 2 fully saturated rings. The second-order valence-corrected chi connectivity index (χ2v) is 10.5. The molecular weight excluding hydrogens is 488 g/mol. The number of carbonyl (C=O) groups excluding carboxylic acids is 1. The monoisotopic (exact) mass is 524 g/mol. The molecule has 3 heterocycles. The van der Waals surface area contributed by atoms with E-state index in [1.54, 1.807) is 0 Å². The lowest BCUT2D eigenvalue weighted by atomic mass is 9.87. The number of ether oxygens (including phenoxy) is 3. The Kier molecular flexibility index (Phi) is 7.40. The van der Waals surface area contributed by atoms with Crippen LogP contribution in [0.3, 0.4) is 0 Å². The maximum atomic E-state index is 13.7. The van der Waals surface area contributed by atoms with E-state index in [1.807, 2.05) is 35.2 Å². The summed E-state index contributed by atoms with van der Waals surface area (Å²) in [5, 5.41) is 1.17. The number of aromatic nitrogens is 1. The number of hydrogen-bond acceptors (Lipinski definition) is 4. The number of piperidine rings is 1. The van der Waals surface area contributed by atoms with E-state index in [2.05, 4.69) is 60.6 Å². The average Bonchev–Trinajstić information content (AvgIpc) is 3.63. The van der Waals surface area contributed by atoms with E-state index in [0.717, 1.165) is 47.2 Å². The summed E-state index contributed by atoms with van der Waals surface area (Å²) < 4.78 is 17.9. The molecule has 3 aromatic carbocycles. The summed E-state index contributed by atoms with van der Waals surface area (Å²) in [6, 6.07) is 24.8. The minimum Gasteiger partial charge on any atom is -0.489 e. The maximum absolute atomic E-state index is 13.7. The summed E-state index contributed by atoms with van der Waals surface area (Å²) in [4.78, 5) is 19.2. The molecule has 0 saturated carbocycles. The molecule has 0 radical (unpaired) electrons. The van der Waals surface area contributed by atoms with E-state index >= 15 is 0 Å². The third-order valence-corrected chi connectivity index (χ3v) is 8.17. The maximum Gasteiger partial charge on any atom is 0.223 e. The fourth-order valence-electron chi connectivity index (χ4n) is 5.98. The topological polar surface area (TPSA) is 63.8 Å². The van der Waals surface area contributed by atoms with Crippen molar-refractivity contribution in [1.82, 2.24) is 9.88 Å². The summed E-state index contributed by atoms with van der Waals surface area (Å²) >= 11 is 0. The van der Waals surface area contributed by atoms with Crippen molar-refractivity contribution in [2.45, 2.75) is 50.9 Å². The molecule has 39 heavy (non-hydrogen) atoms. The van der Waals surface area contributed by atoms with Gasteiger partial charge in [0.1, 0.15) is 12.4 Å². The van der Waals surface area contributed by atoms with E-state index in [-0.39, 0.29) is 11.8 Å². The first-order valence-corrected chi connectivity index (χ1v) is 14.1. The Morgan fingerprint density at radius 2 is 1.77 bits per heavy atom. The predicted molar refractivity (Wildman–Crippen MR) is 152 cm³/mol. The number of amides is 1. The van der Waals surface area contributed by atoms with Gasteiger partial charge in [-0.15, -0.1) is 0 Å².